The lowest BCUT2D eigenvalue weighted by Gasteiger charge is -2.26. The van der Waals surface area contributed by atoms with Crippen LogP contribution < -0.4 is 9.47 Å². The monoisotopic (exact) mass is 361 g/mol. The van der Waals surface area contributed by atoms with E-state index in [1.807, 2.05) is 35.0 Å². The molecule has 2 aromatic carbocycles. The van der Waals surface area contributed by atoms with Gasteiger partial charge in [0, 0.05) is 23.9 Å². The summed E-state index contributed by atoms with van der Waals surface area (Å²) >= 11 is 0. The lowest BCUT2D eigenvalue weighted by Crippen LogP contribution is -2.29. The van der Waals surface area contributed by atoms with E-state index in [0.29, 0.717) is 0 Å². The van der Waals surface area contributed by atoms with Crippen molar-refractivity contribution in [3.05, 3.63) is 60.3 Å². The molecule has 0 radical (unpaired) electrons. The third-order valence-corrected chi connectivity index (χ3v) is 5.30. The first-order valence-corrected chi connectivity index (χ1v) is 9.63. The highest BCUT2D eigenvalue weighted by Crippen LogP contribution is 2.37. The molecule has 5 rings (SSSR count). The highest BCUT2D eigenvalue weighted by molar-refractivity contribution is 5.67. The molecule has 27 heavy (non-hydrogen) atoms. The molecule has 5 nitrogen and oxygen atoms in total. The first-order chi connectivity index (χ1) is 13.4. The number of nitrogens with zero attached hydrogens (tertiary/aromatic N) is 3. The quantitative estimate of drug-likeness (QED) is 0.696. The summed E-state index contributed by atoms with van der Waals surface area (Å²) in [7, 11) is 0. The van der Waals surface area contributed by atoms with Crippen molar-refractivity contribution in [2.45, 2.75) is 25.8 Å². The van der Waals surface area contributed by atoms with Crippen molar-refractivity contribution in [2.75, 3.05) is 19.9 Å². The van der Waals surface area contributed by atoms with Crippen molar-refractivity contribution in [3.8, 4) is 28.4 Å². The Bertz CT molecular complexity index is 930. The minimum atomic E-state index is 0.290. The number of fused-ring (bicyclic) bond motifs is 1. The summed E-state index contributed by atoms with van der Waals surface area (Å²) in [5, 5.41) is 4.94. The Labute approximate surface area is 159 Å². The summed E-state index contributed by atoms with van der Waals surface area (Å²) < 4.78 is 13.0. The van der Waals surface area contributed by atoms with Gasteiger partial charge in [-0.1, -0.05) is 24.6 Å². The van der Waals surface area contributed by atoms with Crippen molar-refractivity contribution >= 4 is 0 Å². The molecule has 1 fully saturated rings. The number of hydrogen-bond acceptors (Lipinski definition) is 4. The second-order valence-corrected chi connectivity index (χ2v) is 7.19. The molecule has 3 aromatic rings. The minimum absolute atomic E-state index is 0.290. The summed E-state index contributed by atoms with van der Waals surface area (Å²) in [4.78, 5) is 2.53. The first kappa shape index (κ1) is 16.4. The van der Waals surface area contributed by atoms with E-state index in [-0.39, 0.29) is 6.79 Å². The van der Waals surface area contributed by atoms with Crippen LogP contribution in [0.1, 0.15) is 24.8 Å². The summed E-state index contributed by atoms with van der Waals surface area (Å²) in [6.45, 7) is 3.54. The number of likely N-dealkylation sites (tertiary alicyclic amines) is 1. The van der Waals surface area contributed by atoms with Gasteiger partial charge in [0.1, 0.15) is 0 Å². The Morgan fingerprint density at radius 3 is 2.56 bits per heavy atom. The van der Waals surface area contributed by atoms with Gasteiger partial charge in [0.25, 0.3) is 0 Å². The average molecular weight is 361 g/mol. The normalized spacial score (nSPS) is 16.6. The van der Waals surface area contributed by atoms with Crippen LogP contribution in [0.5, 0.6) is 11.5 Å². The maximum atomic E-state index is 5.57. The van der Waals surface area contributed by atoms with Gasteiger partial charge < -0.3 is 9.47 Å². The molecule has 3 heterocycles. The molecule has 0 amide bonds. The van der Waals surface area contributed by atoms with Gasteiger partial charge in [0.2, 0.25) is 6.79 Å². The third-order valence-electron chi connectivity index (χ3n) is 5.30. The standard InChI is InChI=1S/C22H23N3O2/c1-3-7-19(8-4-1)25-15-18(14-24-11-5-2-6-12-24)22(23-25)17-9-10-20-21(13-17)27-16-26-20/h1,3-4,7-10,13,15H,2,5-6,11-12,14,16H2. The zero-order valence-corrected chi connectivity index (χ0v) is 15.3. The van der Waals surface area contributed by atoms with Crippen LogP contribution in [-0.2, 0) is 6.54 Å². The maximum absolute atomic E-state index is 5.57. The Kier molecular flexibility index (Phi) is 4.30. The van der Waals surface area contributed by atoms with Crippen molar-refractivity contribution < 1.29 is 9.47 Å². The highest BCUT2D eigenvalue weighted by atomic mass is 16.7. The van der Waals surface area contributed by atoms with E-state index in [1.165, 1.54) is 24.8 Å². The molecule has 0 atom stereocenters. The smallest absolute Gasteiger partial charge is 0.231 e. The van der Waals surface area contributed by atoms with Crippen LogP contribution >= 0.6 is 0 Å². The minimum Gasteiger partial charge on any atom is -0.454 e. The third kappa shape index (κ3) is 3.30. The second-order valence-electron chi connectivity index (χ2n) is 7.19. The van der Waals surface area contributed by atoms with Gasteiger partial charge in [0.05, 0.1) is 11.4 Å². The molecule has 5 heteroatoms. The topological polar surface area (TPSA) is 39.5 Å². The van der Waals surface area contributed by atoms with Gasteiger partial charge in [-0.3, -0.25) is 4.90 Å². The summed E-state index contributed by atoms with van der Waals surface area (Å²) in [6, 6.07) is 16.4. The predicted octanol–water partition coefficient (Wildman–Crippen LogP) is 4.25. The summed E-state index contributed by atoms with van der Waals surface area (Å²) in [5.74, 6) is 1.60. The van der Waals surface area contributed by atoms with E-state index >= 15 is 0 Å². The molecule has 0 aliphatic carbocycles. The van der Waals surface area contributed by atoms with Crippen LogP contribution in [-0.4, -0.2) is 34.6 Å². The van der Waals surface area contributed by atoms with Gasteiger partial charge in [-0.05, 0) is 56.3 Å². The van der Waals surface area contributed by atoms with Crippen LogP contribution in [0, 0.1) is 0 Å². The first-order valence-electron chi connectivity index (χ1n) is 9.63. The van der Waals surface area contributed by atoms with E-state index in [2.05, 4.69) is 29.3 Å². The van der Waals surface area contributed by atoms with Crippen LogP contribution in [0.25, 0.3) is 16.9 Å². The van der Waals surface area contributed by atoms with Gasteiger partial charge in [-0.2, -0.15) is 5.10 Å². The van der Waals surface area contributed by atoms with Gasteiger partial charge in [-0.15, -0.1) is 0 Å². The number of aromatic nitrogens is 2. The summed E-state index contributed by atoms with van der Waals surface area (Å²) in [6.07, 6.45) is 6.08. The largest absolute Gasteiger partial charge is 0.454 e. The number of piperidine rings is 1. The fraction of sp³-hybridized carbons (Fsp3) is 0.318. The fourth-order valence-electron chi connectivity index (χ4n) is 3.88. The predicted molar refractivity (Wildman–Crippen MR) is 104 cm³/mol. The molecular formula is C22H23N3O2. The zero-order chi connectivity index (χ0) is 18.1. The van der Waals surface area contributed by atoms with Gasteiger partial charge in [-0.25, -0.2) is 4.68 Å². The van der Waals surface area contributed by atoms with E-state index < -0.39 is 0 Å². The molecule has 2 aliphatic rings. The average Bonchev–Trinajstić information content (AvgIpc) is 3.36. The lowest BCUT2D eigenvalue weighted by molar-refractivity contribution is 0.174. The molecular weight excluding hydrogens is 338 g/mol. The van der Waals surface area contributed by atoms with E-state index in [0.717, 1.165) is 48.1 Å². The molecule has 0 bridgehead atoms. The van der Waals surface area contributed by atoms with E-state index in [1.54, 1.807) is 0 Å². The second kappa shape index (κ2) is 7.08. The van der Waals surface area contributed by atoms with Crippen LogP contribution in [0.3, 0.4) is 0 Å². The van der Waals surface area contributed by atoms with Crippen molar-refractivity contribution in [3.63, 3.8) is 0 Å². The van der Waals surface area contributed by atoms with Gasteiger partial charge in [0.15, 0.2) is 11.5 Å². The number of ether oxygens (including phenoxy) is 2. The van der Waals surface area contributed by atoms with E-state index in [4.69, 9.17) is 14.6 Å². The van der Waals surface area contributed by atoms with Gasteiger partial charge >= 0.3 is 0 Å². The Balaban J connectivity index is 1.54. The molecule has 0 N–H and O–H groups in total. The lowest BCUT2D eigenvalue weighted by atomic mass is 10.1. The molecule has 1 aromatic heterocycles. The number of hydrogen-bond donors (Lipinski definition) is 0. The SMILES string of the molecule is c1ccc(-n2cc(CN3CCCCC3)c(-c3ccc4c(c3)OCO4)n2)cc1. The van der Waals surface area contributed by atoms with Crippen LogP contribution in [0.2, 0.25) is 0 Å². The van der Waals surface area contributed by atoms with Crippen LogP contribution in [0.4, 0.5) is 0 Å². The molecule has 1 saturated heterocycles. The Morgan fingerprint density at radius 2 is 1.70 bits per heavy atom. The molecule has 138 valence electrons. The Morgan fingerprint density at radius 1 is 0.889 bits per heavy atom. The molecule has 2 aliphatic heterocycles. The van der Waals surface area contributed by atoms with Crippen molar-refractivity contribution in [1.82, 2.24) is 14.7 Å². The maximum Gasteiger partial charge on any atom is 0.231 e. The number of rotatable bonds is 4. The fourth-order valence-corrected chi connectivity index (χ4v) is 3.88. The highest BCUT2D eigenvalue weighted by Gasteiger charge is 2.20. The van der Waals surface area contributed by atoms with Crippen molar-refractivity contribution in [1.29, 1.82) is 0 Å². The number of benzene rings is 2. The molecule has 0 unspecified atom stereocenters. The summed E-state index contributed by atoms with van der Waals surface area (Å²) in [5.41, 5.74) is 4.41. The number of para-hydroxylation sites is 1. The Hall–Kier alpha value is -2.79. The zero-order valence-electron chi connectivity index (χ0n) is 15.3. The van der Waals surface area contributed by atoms with E-state index in [9.17, 15) is 0 Å². The van der Waals surface area contributed by atoms with Crippen molar-refractivity contribution in [2.24, 2.45) is 0 Å². The molecule has 0 spiro atoms. The molecule has 0 saturated carbocycles. The van der Waals surface area contributed by atoms with Crippen LogP contribution in [0.15, 0.2) is 54.7 Å².